The van der Waals surface area contributed by atoms with Crippen molar-refractivity contribution in [1.82, 2.24) is 0 Å². The van der Waals surface area contributed by atoms with Crippen LogP contribution < -0.4 is 11.5 Å². The Morgan fingerprint density at radius 2 is 1.85 bits per heavy atom. The van der Waals surface area contributed by atoms with Gasteiger partial charge < -0.3 is 11.5 Å². The zero-order valence-electron chi connectivity index (χ0n) is 7.79. The third kappa shape index (κ3) is 1.54. The van der Waals surface area contributed by atoms with E-state index < -0.39 is 0 Å². The van der Waals surface area contributed by atoms with Gasteiger partial charge in [-0.2, -0.15) is 0 Å². The van der Waals surface area contributed by atoms with Gasteiger partial charge in [0.15, 0.2) is 0 Å². The van der Waals surface area contributed by atoms with E-state index >= 15 is 0 Å². The molecule has 0 unspecified atom stereocenters. The van der Waals surface area contributed by atoms with Crippen LogP contribution in [-0.4, -0.2) is 0 Å². The van der Waals surface area contributed by atoms with Crippen LogP contribution in [0.3, 0.4) is 0 Å². The second kappa shape index (κ2) is 3.04. The Labute approximate surface area is 78.9 Å². The van der Waals surface area contributed by atoms with Crippen molar-refractivity contribution in [2.24, 2.45) is 5.73 Å². The Hall–Kier alpha value is -1.02. The fourth-order valence-electron chi connectivity index (χ4n) is 2.14. The molecule has 1 fully saturated rings. The molecular formula is C11H16N2. The maximum Gasteiger partial charge on any atom is 0.0410 e. The van der Waals surface area contributed by atoms with E-state index in [2.05, 4.69) is 6.07 Å². The zero-order valence-corrected chi connectivity index (χ0v) is 7.79. The molecule has 2 rings (SSSR count). The molecule has 2 heteroatoms. The number of rotatable bonds is 1. The fourth-order valence-corrected chi connectivity index (χ4v) is 2.14. The highest BCUT2D eigenvalue weighted by Gasteiger charge is 2.30. The van der Waals surface area contributed by atoms with Crippen molar-refractivity contribution >= 4 is 5.69 Å². The molecule has 0 saturated heterocycles. The van der Waals surface area contributed by atoms with Gasteiger partial charge in [-0.05, 0) is 30.5 Å². The van der Waals surface area contributed by atoms with E-state index in [1.807, 2.05) is 18.2 Å². The van der Waals surface area contributed by atoms with Crippen molar-refractivity contribution in [3.63, 3.8) is 0 Å². The van der Waals surface area contributed by atoms with E-state index in [4.69, 9.17) is 11.5 Å². The molecular weight excluding hydrogens is 160 g/mol. The third-order valence-electron chi connectivity index (χ3n) is 2.96. The molecule has 1 aliphatic carbocycles. The van der Waals surface area contributed by atoms with Crippen LogP contribution in [0, 0.1) is 0 Å². The SMILES string of the molecule is Nc1cccc(C2(N)CCCC2)c1. The summed E-state index contributed by atoms with van der Waals surface area (Å²) in [4.78, 5) is 0. The minimum Gasteiger partial charge on any atom is -0.399 e. The molecule has 1 saturated carbocycles. The normalized spacial score (nSPS) is 20.4. The molecule has 2 nitrogen and oxygen atoms in total. The first-order valence-electron chi connectivity index (χ1n) is 4.86. The first kappa shape index (κ1) is 8.57. The average Bonchev–Trinajstić information content (AvgIpc) is 2.54. The molecule has 4 N–H and O–H groups in total. The molecule has 0 heterocycles. The molecule has 13 heavy (non-hydrogen) atoms. The van der Waals surface area contributed by atoms with Gasteiger partial charge in [0.1, 0.15) is 0 Å². The number of benzene rings is 1. The Balaban J connectivity index is 2.33. The van der Waals surface area contributed by atoms with E-state index in [1.165, 1.54) is 18.4 Å². The summed E-state index contributed by atoms with van der Waals surface area (Å²) >= 11 is 0. The number of anilines is 1. The van der Waals surface area contributed by atoms with E-state index in [0.717, 1.165) is 18.5 Å². The second-order valence-electron chi connectivity index (χ2n) is 3.99. The molecule has 0 amide bonds. The van der Waals surface area contributed by atoms with Gasteiger partial charge >= 0.3 is 0 Å². The Bertz CT molecular complexity index is 301. The van der Waals surface area contributed by atoms with E-state index in [0.29, 0.717) is 0 Å². The lowest BCUT2D eigenvalue weighted by Crippen LogP contribution is -2.33. The molecule has 0 aromatic heterocycles. The minimum atomic E-state index is -0.102. The van der Waals surface area contributed by atoms with Crippen molar-refractivity contribution in [2.45, 2.75) is 31.2 Å². The van der Waals surface area contributed by atoms with Crippen molar-refractivity contribution < 1.29 is 0 Å². The Morgan fingerprint density at radius 3 is 2.46 bits per heavy atom. The molecule has 1 aliphatic rings. The number of nitrogen functional groups attached to an aromatic ring is 1. The molecule has 0 radical (unpaired) electrons. The number of hydrogen-bond donors (Lipinski definition) is 2. The van der Waals surface area contributed by atoms with Crippen LogP contribution in [0.25, 0.3) is 0 Å². The maximum absolute atomic E-state index is 6.29. The van der Waals surface area contributed by atoms with Crippen LogP contribution in [0.5, 0.6) is 0 Å². The zero-order chi connectivity index (χ0) is 9.31. The summed E-state index contributed by atoms with van der Waals surface area (Å²) in [5.41, 5.74) is 13.9. The van der Waals surface area contributed by atoms with E-state index in [1.54, 1.807) is 0 Å². The summed E-state index contributed by atoms with van der Waals surface area (Å²) < 4.78 is 0. The van der Waals surface area contributed by atoms with Crippen molar-refractivity contribution in [1.29, 1.82) is 0 Å². The average molecular weight is 176 g/mol. The molecule has 0 spiro atoms. The van der Waals surface area contributed by atoms with E-state index in [9.17, 15) is 0 Å². The Morgan fingerprint density at radius 1 is 1.15 bits per heavy atom. The van der Waals surface area contributed by atoms with Gasteiger partial charge in [-0.15, -0.1) is 0 Å². The maximum atomic E-state index is 6.29. The van der Waals surface area contributed by atoms with Gasteiger partial charge in [-0.25, -0.2) is 0 Å². The van der Waals surface area contributed by atoms with Gasteiger partial charge in [-0.1, -0.05) is 25.0 Å². The van der Waals surface area contributed by atoms with Crippen molar-refractivity contribution in [2.75, 3.05) is 5.73 Å². The van der Waals surface area contributed by atoms with Gasteiger partial charge in [-0.3, -0.25) is 0 Å². The highest BCUT2D eigenvalue weighted by Crippen LogP contribution is 2.36. The van der Waals surface area contributed by atoms with E-state index in [-0.39, 0.29) is 5.54 Å². The lowest BCUT2D eigenvalue weighted by molar-refractivity contribution is 0.462. The lowest BCUT2D eigenvalue weighted by atomic mass is 9.89. The lowest BCUT2D eigenvalue weighted by Gasteiger charge is -2.24. The summed E-state index contributed by atoms with van der Waals surface area (Å²) in [6.45, 7) is 0. The van der Waals surface area contributed by atoms with Gasteiger partial charge in [0, 0.05) is 11.2 Å². The third-order valence-corrected chi connectivity index (χ3v) is 2.96. The summed E-state index contributed by atoms with van der Waals surface area (Å²) in [6.07, 6.45) is 4.67. The van der Waals surface area contributed by atoms with Gasteiger partial charge in [0.25, 0.3) is 0 Å². The molecule has 0 atom stereocenters. The monoisotopic (exact) mass is 176 g/mol. The van der Waals surface area contributed by atoms with Crippen LogP contribution in [0.15, 0.2) is 24.3 Å². The molecule has 0 bridgehead atoms. The second-order valence-corrected chi connectivity index (χ2v) is 3.99. The van der Waals surface area contributed by atoms with Gasteiger partial charge in [0.2, 0.25) is 0 Å². The molecule has 70 valence electrons. The van der Waals surface area contributed by atoms with Crippen LogP contribution >= 0.6 is 0 Å². The predicted molar refractivity (Wildman–Crippen MR) is 55.2 cm³/mol. The highest BCUT2D eigenvalue weighted by atomic mass is 14.8. The van der Waals surface area contributed by atoms with Crippen LogP contribution in [0.1, 0.15) is 31.2 Å². The number of nitrogens with two attached hydrogens (primary N) is 2. The summed E-state index contributed by atoms with van der Waals surface area (Å²) in [5.74, 6) is 0. The standard InChI is InChI=1S/C11H16N2/c12-10-5-3-4-9(8-10)11(13)6-1-2-7-11/h3-5,8H,1-2,6-7,12-13H2. The summed E-state index contributed by atoms with van der Waals surface area (Å²) in [7, 11) is 0. The first-order valence-corrected chi connectivity index (χ1v) is 4.86. The number of hydrogen-bond acceptors (Lipinski definition) is 2. The predicted octanol–water partition coefficient (Wildman–Crippen LogP) is 2.00. The first-order chi connectivity index (χ1) is 6.21. The summed E-state index contributed by atoms with van der Waals surface area (Å²) in [5, 5.41) is 0. The molecule has 1 aromatic rings. The van der Waals surface area contributed by atoms with Crippen LogP contribution in [0.2, 0.25) is 0 Å². The topological polar surface area (TPSA) is 52.0 Å². The Kier molecular flexibility index (Phi) is 2.00. The van der Waals surface area contributed by atoms with Crippen LogP contribution in [-0.2, 0) is 5.54 Å². The highest BCUT2D eigenvalue weighted by molar-refractivity contribution is 5.43. The molecule has 0 aliphatic heterocycles. The summed E-state index contributed by atoms with van der Waals surface area (Å²) in [6, 6.07) is 7.98. The smallest absolute Gasteiger partial charge is 0.0410 e. The molecule has 1 aromatic carbocycles. The van der Waals surface area contributed by atoms with Gasteiger partial charge in [0.05, 0.1) is 0 Å². The van der Waals surface area contributed by atoms with Crippen molar-refractivity contribution in [3.8, 4) is 0 Å². The largest absolute Gasteiger partial charge is 0.399 e. The van der Waals surface area contributed by atoms with Crippen LogP contribution in [0.4, 0.5) is 5.69 Å². The quantitative estimate of drug-likeness (QED) is 0.643. The minimum absolute atomic E-state index is 0.102. The fraction of sp³-hybridized carbons (Fsp3) is 0.455. The van der Waals surface area contributed by atoms with Crippen molar-refractivity contribution in [3.05, 3.63) is 29.8 Å².